The summed E-state index contributed by atoms with van der Waals surface area (Å²) < 4.78 is 5.57. The molecule has 7 nitrogen and oxygen atoms in total. The zero-order valence-electron chi connectivity index (χ0n) is 17.4. The molecule has 4 rings (SSSR count). The fourth-order valence-electron chi connectivity index (χ4n) is 4.19. The summed E-state index contributed by atoms with van der Waals surface area (Å²) in [6, 6.07) is 14.5. The Morgan fingerprint density at radius 1 is 1.19 bits per heavy atom. The van der Waals surface area contributed by atoms with Gasteiger partial charge in [-0.15, -0.1) is 0 Å². The first kappa shape index (κ1) is 20.9. The van der Waals surface area contributed by atoms with Crippen molar-refractivity contribution in [3.05, 3.63) is 64.7 Å². The zero-order chi connectivity index (χ0) is 22.0. The highest BCUT2D eigenvalue weighted by Crippen LogP contribution is 2.32. The topological polar surface area (TPSA) is 103 Å². The molecule has 3 amide bonds. The number of carbonyl (C=O) groups is 2. The number of urea groups is 1. The van der Waals surface area contributed by atoms with Crippen molar-refractivity contribution in [2.75, 3.05) is 13.2 Å². The molecule has 2 aromatic rings. The van der Waals surface area contributed by atoms with Gasteiger partial charge in [-0.3, -0.25) is 9.69 Å². The van der Waals surface area contributed by atoms with E-state index >= 15 is 0 Å². The summed E-state index contributed by atoms with van der Waals surface area (Å²) in [6.45, 7) is 1.48. The fraction of sp³-hybridized carbons (Fsp3) is 0.375. The molecule has 0 radical (unpaired) electrons. The molecule has 1 saturated heterocycles. The van der Waals surface area contributed by atoms with Crippen LogP contribution in [0.2, 0.25) is 0 Å². The number of carbonyl (C=O) groups excluding carboxylic acids is 2. The first-order valence-electron chi connectivity index (χ1n) is 10.4. The second-order valence-corrected chi connectivity index (χ2v) is 8.25. The van der Waals surface area contributed by atoms with Gasteiger partial charge in [0.15, 0.2) is 0 Å². The summed E-state index contributed by atoms with van der Waals surface area (Å²) >= 11 is 0. The van der Waals surface area contributed by atoms with Gasteiger partial charge < -0.3 is 15.2 Å². The van der Waals surface area contributed by atoms with Crippen molar-refractivity contribution in [2.24, 2.45) is 0 Å². The molecule has 1 heterocycles. The van der Waals surface area contributed by atoms with Gasteiger partial charge in [-0.2, -0.15) is 5.26 Å². The predicted molar refractivity (Wildman–Crippen MR) is 113 cm³/mol. The summed E-state index contributed by atoms with van der Waals surface area (Å²) in [4.78, 5) is 26.7. The standard InChI is InChI=1S/C24H25N3O4/c1-24(19-8-7-17-3-2-4-18(17)13-19)22(29)27(23(30)26-24)14-20(28)15-31-21-9-5-16(6-10-21)11-12-25/h5-10,13,20,28H,2-4,11,14-15H2,1H3,(H,26,30)/t20-,24+/m1/s1. The van der Waals surface area contributed by atoms with Crippen molar-refractivity contribution in [1.82, 2.24) is 10.2 Å². The largest absolute Gasteiger partial charge is 0.491 e. The van der Waals surface area contributed by atoms with Crippen LogP contribution in [0.1, 0.15) is 35.6 Å². The van der Waals surface area contributed by atoms with Gasteiger partial charge in [-0.1, -0.05) is 30.3 Å². The van der Waals surface area contributed by atoms with Crippen LogP contribution in [0.4, 0.5) is 4.79 Å². The van der Waals surface area contributed by atoms with E-state index in [-0.39, 0.29) is 19.1 Å². The van der Waals surface area contributed by atoms with Crippen LogP contribution < -0.4 is 10.1 Å². The molecule has 2 aromatic carbocycles. The molecule has 1 aliphatic carbocycles. The van der Waals surface area contributed by atoms with Crippen molar-refractivity contribution < 1.29 is 19.4 Å². The van der Waals surface area contributed by atoms with Crippen LogP contribution in [0.5, 0.6) is 5.75 Å². The van der Waals surface area contributed by atoms with Gasteiger partial charge in [-0.25, -0.2) is 4.79 Å². The lowest BCUT2D eigenvalue weighted by Gasteiger charge is -2.24. The Hall–Kier alpha value is -3.37. The smallest absolute Gasteiger partial charge is 0.325 e. The van der Waals surface area contributed by atoms with Crippen molar-refractivity contribution in [3.8, 4) is 11.8 Å². The van der Waals surface area contributed by atoms with Gasteiger partial charge >= 0.3 is 6.03 Å². The highest BCUT2D eigenvalue weighted by molar-refractivity contribution is 6.07. The molecule has 2 N–H and O–H groups in total. The van der Waals surface area contributed by atoms with E-state index in [1.165, 1.54) is 11.1 Å². The Kier molecular flexibility index (Phi) is 5.66. The molecule has 0 aromatic heterocycles. The number of rotatable bonds is 7. The maximum atomic E-state index is 13.1. The number of aliphatic hydroxyl groups excluding tert-OH is 1. The summed E-state index contributed by atoms with van der Waals surface area (Å²) in [5, 5.41) is 21.9. The third-order valence-electron chi connectivity index (χ3n) is 5.99. The minimum Gasteiger partial charge on any atom is -0.491 e. The van der Waals surface area contributed by atoms with Crippen molar-refractivity contribution in [2.45, 2.75) is 44.2 Å². The lowest BCUT2D eigenvalue weighted by molar-refractivity contribution is -0.132. The summed E-state index contributed by atoms with van der Waals surface area (Å²) in [6.07, 6.45) is 2.42. The first-order valence-corrected chi connectivity index (χ1v) is 10.4. The SMILES string of the molecule is C[C@@]1(c2ccc3c(c2)CCC3)NC(=O)N(C[C@@H](O)COc2ccc(CC#N)cc2)C1=O. The zero-order valence-corrected chi connectivity index (χ0v) is 17.4. The molecule has 2 atom stereocenters. The molecule has 0 saturated carbocycles. The highest BCUT2D eigenvalue weighted by atomic mass is 16.5. The molecule has 2 aliphatic rings. The monoisotopic (exact) mass is 419 g/mol. The third-order valence-corrected chi connectivity index (χ3v) is 5.99. The second kappa shape index (κ2) is 8.40. The first-order chi connectivity index (χ1) is 14.9. The molecule has 31 heavy (non-hydrogen) atoms. The van der Waals surface area contributed by atoms with Crippen LogP contribution in [0.15, 0.2) is 42.5 Å². The predicted octanol–water partition coefficient (Wildman–Crippen LogP) is 2.45. The van der Waals surface area contributed by atoms with Crippen LogP contribution in [0.3, 0.4) is 0 Å². The fourth-order valence-corrected chi connectivity index (χ4v) is 4.19. The van der Waals surface area contributed by atoms with Crippen LogP contribution in [-0.2, 0) is 29.6 Å². The number of nitrogens with zero attached hydrogens (tertiary/aromatic N) is 2. The van der Waals surface area contributed by atoms with E-state index in [9.17, 15) is 14.7 Å². The molecule has 1 fully saturated rings. The number of nitriles is 1. The van der Waals surface area contributed by atoms with Gasteiger partial charge in [0.1, 0.15) is 24.0 Å². The minimum atomic E-state index is -1.15. The van der Waals surface area contributed by atoms with E-state index in [2.05, 4.69) is 11.4 Å². The van der Waals surface area contributed by atoms with Gasteiger partial charge in [0.2, 0.25) is 0 Å². The number of benzene rings is 2. The van der Waals surface area contributed by atoms with Crippen molar-refractivity contribution in [1.29, 1.82) is 5.26 Å². The Morgan fingerprint density at radius 3 is 2.68 bits per heavy atom. The molecular formula is C24H25N3O4. The number of β-amino-alcohol motifs (C(OH)–C–C–N with tert-alkyl or cyclic N) is 1. The Balaban J connectivity index is 1.39. The van der Waals surface area contributed by atoms with E-state index in [0.717, 1.165) is 35.3 Å². The second-order valence-electron chi connectivity index (χ2n) is 8.25. The number of aliphatic hydroxyl groups is 1. The van der Waals surface area contributed by atoms with Gasteiger partial charge in [-0.05, 0) is 60.6 Å². The molecule has 0 spiro atoms. The molecule has 1 aliphatic heterocycles. The van der Waals surface area contributed by atoms with E-state index in [1.807, 2.05) is 18.2 Å². The summed E-state index contributed by atoms with van der Waals surface area (Å²) in [7, 11) is 0. The maximum Gasteiger partial charge on any atom is 0.325 e. The quantitative estimate of drug-likeness (QED) is 0.671. The molecule has 7 heteroatoms. The number of amides is 3. The number of aryl methyl sites for hydroxylation is 2. The summed E-state index contributed by atoms with van der Waals surface area (Å²) in [5.74, 6) is 0.163. The number of hydrogen-bond donors (Lipinski definition) is 2. The maximum absolute atomic E-state index is 13.1. The van der Waals surface area contributed by atoms with Crippen molar-refractivity contribution in [3.63, 3.8) is 0 Å². The molecule has 0 bridgehead atoms. The Bertz CT molecular complexity index is 1040. The van der Waals surface area contributed by atoms with Crippen LogP contribution >= 0.6 is 0 Å². The van der Waals surface area contributed by atoms with Crippen LogP contribution in [0.25, 0.3) is 0 Å². The Morgan fingerprint density at radius 2 is 1.94 bits per heavy atom. The van der Waals surface area contributed by atoms with Crippen LogP contribution in [-0.4, -0.2) is 41.2 Å². The lowest BCUT2D eigenvalue weighted by atomic mass is 9.89. The summed E-state index contributed by atoms with van der Waals surface area (Å²) in [5.41, 5.74) is 3.02. The van der Waals surface area contributed by atoms with Crippen molar-refractivity contribution >= 4 is 11.9 Å². The van der Waals surface area contributed by atoms with E-state index < -0.39 is 17.7 Å². The van der Waals surface area contributed by atoms with E-state index in [0.29, 0.717) is 12.2 Å². The third kappa shape index (κ3) is 4.12. The van der Waals surface area contributed by atoms with E-state index in [4.69, 9.17) is 10.00 Å². The number of hydrogen-bond acceptors (Lipinski definition) is 5. The van der Waals surface area contributed by atoms with Gasteiger partial charge in [0.25, 0.3) is 5.91 Å². The highest BCUT2D eigenvalue weighted by Gasteiger charge is 2.49. The average molecular weight is 419 g/mol. The van der Waals surface area contributed by atoms with Crippen LogP contribution in [0, 0.1) is 11.3 Å². The normalized spacial score (nSPS) is 20.9. The Labute approximate surface area is 181 Å². The number of fused-ring (bicyclic) bond motifs is 1. The molecular weight excluding hydrogens is 394 g/mol. The van der Waals surface area contributed by atoms with E-state index in [1.54, 1.807) is 31.2 Å². The number of nitrogens with one attached hydrogen (secondary N) is 1. The molecule has 160 valence electrons. The molecule has 0 unspecified atom stereocenters. The average Bonchev–Trinajstić information content (AvgIpc) is 3.32. The lowest BCUT2D eigenvalue weighted by Crippen LogP contribution is -2.42. The number of imide groups is 1. The minimum absolute atomic E-state index is 0.0653. The van der Waals surface area contributed by atoms with Gasteiger partial charge in [0.05, 0.1) is 19.0 Å². The van der Waals surface area contributed by atoms with Gasteiger partial charge in [0, 0.05) is 0 Å². The number of ether oxygens (including phenoxy) is 1.